The quantitative estimate of drug-likeness (QED) is 0.873. The minimum Gasteiger partial charge on any atom is -0.318 e. The number of benzene rings is 2. The molecule has 18 heavy (non-hydrogen) atoms. The van der Waals surface area contributed by atoms with Crippen LogP contribution in [0.2, 0.25) is 10.0 Å². The third kappa shape index (κ3) is 2.39. The molecule has 1 atom stereocenters. The van der Waals surface area contributed by atoms with Gasteiger partial charge in [-0.1, -0.05) is 66.5 Å². The van der Waals surface area contributed by atoms with Crippen molar-refractivity contribution in [3.8, 4) is 0 Å². The highest BCUT2D eigenvalue weighted by molar-refractivity contribution is 6.42. The molecule has 0 fully saturated rings. The smallest absolute Gasteiger partial charge is 0.0663 e. The molecular formula is C15H15Cl2N. The Kier molecular flexibility index (Phi) is 3.96. The van der Waals surface area contributed by atoms with Gasteiger partial charge in [0.25, 0.3) is 0 Å². The van der Waals surface area contributed by atoms with Crippen molar-refractivity contribution in [1.82, 2.24) is 0 Å². The normalized spacial score (nSPS) is 14.2. The van der Waals surface area contributed by atoms with Gasteiger partial charge < -0.3 is 5.73 Å². The molecule has 2 aromatic carbocycles. The minimum absolute atomic E-state index is 0.532. The van der Waals surface area contributed by atoms with Gasteiger partial charge in [-0.25, -0.2) is 0 Å². The van der Waals surface area contributed by atoms with Crippen LogP contribution in [-0.4, -0.2) is 0 Å². The first-order chi connectivity index (χ1) is 8.58. The van der Waals surface area contributed by atoms with E-state index in [1.54, 1.807) is 6.07 Å². The maximum atomic E-state index is 6.56. The average molecular weight is 280 g/mol. The Hall–Kier alpha value is -1.02. The Morgan fingerprint density at radius 2 is 1.61 bits per heavy atom. The predicted octanol–water partition coefficient (Wildman–Crippen LogP) is 4.61. The Labute approximate surface area is 118 Å². The molecule has 2 N–H and O–H groups in total. The van der Waals surface area contributed by atoms with Gasteiger partial charge >= 0.3 is 0 Å². The van der Waals surface area contributed by atoms with Crippen molar-refractivity contribution < 1.29 is 0 Å². The van der Waals surface area contributed by atoms with Crippen LogP contribution < -0.4 is 5.73 Å². The first-order valence-corrected chi connectivity index (χ1v) is 6.63. The zero-order chi connectivity index (χ0) is 13.2. The fourth-order valence-electron chi connectivity index (χ4n) is 2.08. The molecule has 1 unspecified atom stereocenters. The highest BCUT2D eigenvalue weighted by atomic mass is 35.5. The Balaban J connectivity index is 2.53. The van der Waals surface area contributed by atoms with Crippen LogP contribution in [-0.2, 0) is 5.54 Å². The van der Waals surface area contributed by atoms with Gasteiger partial charge in [-0.2, -0.15) is 0 Å². The predicted molar refractivity (Wildman–Crippen MR) is 78.2 cm³/mol. The molecule has 0 aliphatic carbocycles. The van der Waals surface area contributed by atoms with E-state index in [0.717, 1.165) is 17.5 Å². The summed E-state index contributed by atoms with van der Waals surface area (Å²) in [7, 11) is 0. The Morgan fingerprint density at radius 3 is 2.17 bits per heavy atom. The molecule has 2 rings (SSSR count). The second-order valence-electron chi connectivity index (χ2n) is 4.32. The fourth-order valence-corrected chi connectivity index (χ4v) is 2.38. The van der Waals surface area contributed by atoms with E-state index >= 15 is 0 Å². The number of rotatable bonds is 3. The number of hydrogen-bond donors (Lipinski definition) is 1. The molecule has 1 nitrogen and oxygen atoms in total. The van der Waals surface area contributed by atoms with E-state index in [9.17, 15) is 0 Å². The molecular weight excluding hydrogens is 265 g/mol. The standard InChI is InChI=1S/C15H15Cl2N/c1-2-15(18,11-6-4-3-5-7-11)12-8-9-13(16)14(17)10-12/h3-10H,2,18H2,1H3. The molecule has 0 heterocycles. The lowest BCUT2D eigenvalue weighted by Crippen LogP contribution is -2.37. The van der Waals surface area contributed by atoms with E-state index in [-0.39, 0.29) is 0 Å². The zero-order valence-electron chi connectivity index (χ0n) is 10.2. The van der Waals surface area contributed by atoms with E-state index in [4.69, 9.17) is 28.9 Å². The zero-order valence-corrected chi connectivity index (χ0v) is 11.7. The van der Waals surface area contributed by atoms with E-state index in [0.29, 0.717) is 10.0 Å². The second kappa shape index (κ2) is 5.31. The summed E-state index contributed by atoms with van der Waals surface area (Å²) in [4.78, 5) is 0. The SMILES string of the molecule is CCC(N)(c1ccccc1)c1ccc(Cl)c(Cl)c1. The van der Waals surface area contributed by atoms with Gasteiger partial charge in [0.2, 0.25) is 0 Å². The van der Waals surface area contributed by atoms with Crippen molar-refractivity contribution in [1.29, 1.82) is 0 Å². The molecule has 0 saturated carbocycles. The van der Waals surface area contributed by atoms with Crippen LogP contribution in [0.4, 0.5) is 0 Å². The van der Waals surface area contributed by atoms with Gasteiger partial charge in [0.05, 0.1) is 15.6 Å². The van der Waals surface area contributed by atoms with Crippen molar-refractivity contribution in [3.05, 3.63) is 69.7 Å². The largest absolute Gasteiger partial charge is 0.318 e. The maximum Gasteiger partial charge on any atom is 0.0663 e. The number of nitrogens with two attached hydrogens (primary N) is 1. The summed E-state index contributed by atoms with van der Waals surface area (Å²) in [6.07, 6.45) is 0.787. The van der Waals surface area contributed by atoms with E-state index in [2.05, 4.69) is 6.92 Å². The van der Waals surface area contributed by atoms with Crippen LogP contribution in [0.25, 0.3) is 0 Å². The monoisotopic (exact) mass is 279 g/mol. The Morgan fingerprint density at radius 1 is 0.944 bits per heavy atom. The molecule has 0 aliphatic heterocycles. The lowest BCUT2D eigenvalue weighted by atomic mass is 9.82. The second-order valence-corrected chi connectivity index (χ2v) is 5.13. The van der Waals surface area contributed by atoms with Gasteiger partial charge in [-0.05, 0) is 29.7 Å². The highest BCUT2D eigenvalue weighted by Crippen LogP contribution is 2.33. The maximum absolute atomic E-state index is 6.56. The third-order valence-corrected chi connectivity index (χ3v) is 4.02. The molecule has 0 radical (unpaired) electrons. The van der Waals surface area contributed by atoms with Crippen LogP contribution in [0.3, 0.4) is 0 Å². The molecule has 0 saturated heterocycles. The van der Waals surface area contributed by atoms with Crippen LogP contribution in [0.15, 0.2) is 48.5 Å². The molecule has 3 heteroatoms. The van der Waals surface area contributed by atoms with E-state index < -0.39 is 5.54 Å². The fraction of sp³-hybridized carbons (Fsp3) is 0.200. The van der Waals surface area contributed by atoms with Gasteiger partial charge in [-0.15, -0.1) is 0 Å². The van der Waals surface area contributed by atoms with Gasteiger partial charge in [0, 0.05) is 0 Å². The van der Waals surface area contributed by atoms with Crippen LogP contribution >= 0.6 is 23.2 Å². The van der Waals surface area contributed by atoms with Crippen molar-refractivity contribution in [2.75, 3.05) is 0 Å². The van der Waals surface area contributed by atoms with Gasteiger partial charge in [-0.3, -0.25) is 0 Å². The van der Waals surface area contributed by atoms with Crippen molar-refractivity contribution in [2.45, 2.75) is 18.9 Å². The highest BCUT2D eigenvalue weighted by Gasteiger charge is 2.27. The molecule has 94 valence electrons. The topological polar surface area (TPSA) is 26.0 Å². The van der Waals surface area contributed by atoms with E-state index in [1.165, 1.54) is 0 Å². The van der Waals surface area contributed by atoms with Crippen molar-refractivity contribution in [2.24, 2.45) is 5.73 Å². The third-order valence-electron chi connectivity index (χ3n) is 3.28. The van der Waals surface area contributed by atoms with Gasteiger partial charge in [0.15, 0.2) is 0 Å². The molecule has 0 spiro atoms. The summed E-state index contributed by atoms with van der Waals surface area (Å²) < 4.78 is 0. The molecule has 0 aromatic heterocycles. The summed E-state index contributed by atoms with van der Waals surface area (Å²) >= 11 is 12.0. The van der Waals surface area contributed by atoms with Crippen LogP contribution in [0.1, 0.15) is 24.5 Å². The van der Waals surface area contributed by atoms with Crippen molar-refractivity contribution >= 4 is 23.2 Å². The van der Waals surface area contributed by atoms with Crippen LogP contribution in [0, 0.1) is 0 Å². The first-order valence-electron chi connectivity index (χ1n) is 5.88. The first kappa shape index (κ1) is 13.4. The molecule has 2 aromatic rings. The minimum atomic E-state index is -0.532. The van der Waals surface area contributed by atoms with Gasteiger partial charge in [0.1, 0.15) is 0 Å². The average Bonchev–Trinajstić information content (AvgIpc) is 2.42. The van der Waals surface area contributed by atoms with Crippen LogP contribution in [0.5, 0.6) is 0 Å². The summed E-state index contributed by atoms with van der Waals surface area (Å²) in [5.74, 6) is 0. The number of hydrogen-bond acceptors (Lipinski definition) is 1. The number of halogens is 2. The van der Waals surface area contributed by atoms with Crippen molar-refractivity contribution in [3.63, 3.8) is 0 Å². The Bertz CT molecular complexity index is 539. The summed E-state index contributed by atoms with van der Waals surface area (Å²) in [5.41, 5.74) is 8.08. The molecule has 0 aliphatic rings. The molecule has 0 bridgehead atoms. The summed E-state index contributed by atoms with van der Waals surface area (Å²) in [6, 6.07) is 15.6. The van der Waals surface area contributed by atoms with E-state index in [1.807, 2.05) is 42.5 Å². The lowest BCUT2D eigenvalue weighted by molar-refractivity contribution is 0.519. The lowest BCUT2D eigenvalue weighted by Gasteiger charge is -2.29. The summed E-state index contributed by atoms with van der Waals surface area (Å²) in [6.45, 7) is 2.06. The summed E-state index contributed by atoms with van der Waals surface area (Å²) in [5, 5.41) is 1.08. The molecule has 0 amide bonds.